The number of amides is 1. The summed E-state index contributed by atoms with van der Waals surface area (Å²) in [4.78, 5) is 29.9. The van der Waals surface area contributed by atoms with Crippen molar-refractivity contribution in [2.24, 2.45) is 5.10 Å². The second-order valence-electron chi connectivity index (χ2n) is 8.18. The summed E-state index contributed by atoms with van der Waals surface area (Å²) in [6.45, 7) is 3.64. The molecule has 0 radical (unpaired) electrons. The lowest BCUT2D eigenvalue weighted by atomic mass is 10.2. The molecule has 1 heterocycles. The predicted octanol–water partition coefficient (Wildman–Crippen LogP) is 6.08. The van der Waals surface area contributed by atoms with E-state index in [1.807, 2.05) is 19.9 Å². The maximum absolute atomic E-state index is 13.3. The van der Waals surface area contributed by atoms with E-state index in [0.717, 1.165) is 4.47 Å². The van der Waals surface area contributed by atoms with Crippen LogP contribution in [0.2, 0.25) is 0 Å². The van der Waals surface area contributed by atoms with Crippen molar-refractivity contribution in [2.45, 2.75) is 19.8 Å². The zero-order chi connectivity index (χ0) is 25.8. The number of nitrogens with zero attached hydrogens (tertiary/aromatic N) is 3. The average molecular weight is 616 g/mol. The summed E-state index contributed by atoms with van der Waals surface area (Å²) in [5.41, 5.74) is 1.41. The highest BCUT2D eigenvalue weighted by atomic mass is 79.9. The van der Waals surface area contributed by atoms with Crippen molar-refractivity contribution in [3.63, 3.8) is 0 Å². The van der Waals surface area contributed by atoms with Crippen LogP contribution in [0.1, 0.15) is 31.2 Å². The van der Waals surface area contributed by atoms with Gasteiger partial charge in [0.05, 0.1) is 21.6 Å². The highest BCUT2D eigenvalue weighted by Gasteiger charge is 2.14. The van der Waals surface area contributed by atoms with Crippen molar-refractivity contribution in [1.29, 1.82) is 0 Å². The van der Waals surface area contributed by atoms with Gasteiger partial charge in [-0.3, -0.25) is 9.59 Å². The summed E-state index contributed by atoms with van der Waals surface area (Å²) < 4.78 is 21.6. The van der Waals surface area contributed by atoms with E-state index < -0.39 is 11.7 Å². The molecule has 3 aromatic carbocycles. The number of ether oxygens (including phenoxy) is 1. The van der Waals surface area contributed by atoms with E-state index in [0.29, 0.717) is 38.2 Å². The molecule has 0 bridgehead atoms. The molecule has 10 heteroatoms. The van der Waals surface area contributed by atoms with Crippen LogP contribution in [-0.2, 0) is 4.79 Å². The van der Waals surface area contributed by atoms with E-state index in [9.17, 15) is 14.0 Å². The van der Waals surface area contributed by atoms with E-state index >= 15 is 0 Å². The monoisotopic (exact) mass is 614 g/mol. The molecular weight excluding hydrogens is 595 g/mol. The average Bonchev–Trinajstić information content (AvgIpc) is 2.83. The highest BCUT2D eigenvalue weighted by Crippen LogP contribution is 2.26. The van der Waals surface area contributed by atoms with Gasteiger partial charge in [0.15, 0.2) is 6.61 Å². The van der Waals surface area contributed by atoms with Gasteiger partial charge in [-0.05, 0) is 76.1 Å². The molecule has 7 nitrogen and oxygen atoms in total. The van der Waals surface area contributed by atoms with Crippen LogP contribution in [0.4, 0.5) is 10.1 Å². The smallest absolute Gasteiger partial charge is 0.282 e. The Morgan fingerprint density at radius 2 is 1.97 bits per heavy atom. The number of carbonyl (C=O) groups is 1. The number of hydrogen-bond acceptors (Lipinski definition) is 5. The molecule has 0 saturated heterocycles. The maximum Gasteiger partial charge on any atom is 0.282 e. The van der Waals surface area contributed by atoms with Crippen molar-refractivity contribution in [2.75, 3.05) is 11.9 Å². The van der Waals surface area contributed by atoms with Crippen molar-refractivity contribution in [1.82, 2.24) is 9.66 Å². The lowest BCUT2D eigenvalue weighted by Crippen LogP contribution is -2.23. The van der Waals surface area contributed by atoms with Crippen LogP contribution in [0, 0.1) is 5.82 Å². The predicted molar refractivity (Wildman–Crippen MR) is 145 cm³/mol. The molecule has 0 fully saturated rings. The molecule has 1 N–H and O–H groups in total. The first-order valence-corrected chi connectivity index (χ1v) is 12.5. The van der Waals surface area contributed by atoms with Crippen LogP contribution < -0.4 is 15.6 Å². The number of anilines is 1. The van der Waals surface area contributed by atoms with E-state index in [1.54, 1.807) is 42.6 Å². The molecule has 0 unspecified atom stereocenters. The van der Waals surface area contributed by atoms with E-state index in [4.69, 9.17) is 4.74 Å². The van der Waals surface area contributed by atoms with Crippen LogP contribution >= 0.6 is 31.9 Å². The third-order valence-corrected chi connectivity index (χ3v) is 6.21. The second kappa shape index (κ2) is 11.1. The summed E-state index contributed by atoms with van der Waals surface area (Å²) >= 11 is 6.84. The molecule has 0 aliphatic rings. The van der Waals surface area contributed by atoms with Crippen LogP contribution in [-0.4, -0.2) is 28.4 Å². The summed E-state index contributed by atoms with van der Waals surface area (Å²) in [5.74, 6) is 0.107. The number of aromatic nitrogens is 2. The van der Waals surface area contributed by atoms with Gasteiger partial charge in [-0.1, -0.05) is 35.8 Å². The zero-order valence-electron chi connectivity index (χ0n) is 19.3. The Morgan fingerprint density at radius 1 is 1.17 bits per heavy atom. The van der Waals surface area contributed by atoms with Crippen LogP contribution in [0.15, 0.2) is 79.5 Å². The van der Waals surface area contributed by atoms with Gasteiger partial charge in [-0.15, -0.1) is 0 Å². The number of fused-ring (bicyclic) bond motifs is 1. The van der Waals surface area contributed by atoms with Crippen molar-refractivity contribution in [3.05, 3.63) is 97.2 Å². The first kappa shape index (κ1) is 25.7. The third-order valence-electron chi connectivity index (χ3n) is 5.10. The fourth-order valence-corrected chi connectivity index (χ4v) is 4.27. The minimum Gasteiger partial charge on any atom is -0.483 e. The summed E-state index contributed by atoms with van der Waals surface area (Å²) in [5, 5.41) is 7.46. The Hall–Kier alpha value is -3.37. The Labute approximate surface area is 223 Å². The van der Waals surface area contributed by atoms with Gasteiger partial charge in [0, 0.05) is 16.1 Å². The molecule has 1 amide bonds. The van der Waals surface area contributed by atoms with Crippen molar-refractivity contribution < 1.29 is 13.9 Å². The molecule has 0 spiro atoms. The van der Waals surface area contributed by atoms with E-state index in [2.05, 4.69) is 47.3 Å². The van der Waals surface area contributed by atoms with Crippen molar-refractivity contribution in [3.8, 4) is 5.75 Å². The molecule has 4 rings (SSSR count). The Balaban J connectivity index is 1.51. The molecule has 0 saturated carbocycles. The quantitative estimate of drug-likeness (QED) is 0.255. The molecule has 0 aliphatic heterocycles. The fourth-order valence-electron chi connectivity index (χ4n) is 3.40. The van der Waals surface area contributed by atoms with Gasteiger partial charge >= 0.3 is 0 Å². The van der Waals surface area contributed by atoms with Crippen molar-refractivity contribution >= 4 is 60.6 Å². The summed E-state index contributed by atoms with van der Waals surface area (Å²) in [6, 6.07) is 16.2. The first-order chi connectivity index (χ1) is 17.2. The number of rotatable bonds is 7. The third kappa shape index (κ3) is 6.06. The number of carbonyl (C=O) groups excluding carboxylic acids is 1. The minimum atomic E-state index is -0.441. The minimum absolute atomic E-state index is 0.0241. The van der Waals surface area contributed by atoms with Crippen LogP contribution in [0.5, 0.6) is 5.75 Å². The van der Waals surface area contributed by atoms with Gasteiger partial charge in [-0.25, -0.2) is 9.37 Å². The van der Waals surface area contributed by atoms with Gasteiger partial charge in [-0.2, -0.15) is 9.78 Å². The SMILES string of the molecule is CC(C)c1nc2ccc(Br)cc2c(=O)n1N=Cc1ccc(OCC(=O)Nc2cccc(F)c2)c(Br)c1. The van der Waals surface area contributed by atoms with Gasteiger partial charge in [0.1, 0.15) is 17.4 Å². The number of hydrogen-bond donors (Lipinski definition) is 1. The molecule has 4 aromatic rings. The van der Waals surface area contributed by atoms with E-state index in [-0.39, 0.29) is 18.1 Å². The second-order valence-corrected chi connectivity index (χ2v) is 9.95. The fraction of sp³-hybridized carbons (Fsp3) is 0.154. The lowest BCUT2D eigenvalue weighted by molar-refractivity contribution is -0.118. The molecule has 1 aromatic heterocycles. The van der Waals surface area contributed by atoms with E-state index in [1.165, 1.54) is 22.9 Å². The largest absolute Gasteiger partial charge is 0.483 e. The maximum atomic E-state index is 13.3. The normalized spacial score (nSPS) is 11.4. The number of nitrogens with one attached hydrogen (secondary N) is 1. The van der Waals surface area contributed by atoms with Crippen LogP contribution in [0.3, 0.4) is 0 Å². The van der Waals surface area contributed by atoms with Gasteiger partial charge in [0.2, 0.25) is 0 Å². The Morgan fingerprint density at radius 3 is 2.69 bits per heavy atom. The lowest BCUT2D eigenvalue weighted by Gasteiger charge is -2.12. The van der Waals surface area contributed by atoms with Crippen LogP contribution in [0.25, 0.3) is 10.9 Å². The Kier molecular flexibility index (Phi) is 7.95. The standard InChI is InChI=1S/C26H21Br2FN4O3/c1-15(2)25-32-22-8-7-17(27)11-20(22)26(35)33(25)30-13-16-6-9-23(21(28)10-16)36-14-24(34)31-19-5-3-4-18(29)12-19/h3-13,15H,14H2,1-2H3,(H,31,34). The number of benzene rings is 3. The molecular formula is C26H21Br2FN4O3. The molecule has 0 atom stereocenters. The highest BCUT2D eigenvalue weighted by molar-refractivity contribution is 9.10. The zero-order valence-corrected chi connectivity index (χ0v) is 22.5. The summed E-state index contributed by atoms with van der Waals surface area (Å²) in [7, 11) is 0. The van der Waals surface area contributed by atoms with Gasteiger partial charge < -0.3 is 10.1 Å². The number of halogens is 3. The molecule has 184 valence electrons. The Bertz CT molecular complexity index is 1540. The molecule has 36 heavy (non-hydrogen) atoms. The van der Waals surface area contributed by atoms with Gasteiger partial charge in [0.25, 0.3) is 11.5 Å². The molecule has 0 aliphatic carbocycles. The first-order valence-electron chi connectivity index (χ1n) is 11.0. The topological polar surface area (TPSA) is 85.6 Å². The summed E-state index contributed by atoms with van der Waals surface area (Å²) in [6.07, 6.45) is 1.56.